The number of aromatic nitrogens is 1. The Hall–Kier alpha value is -3.93. The lowest BCUT2D eigenvalue weighted by Gasteiger charge is -2.42. The number of amides is 3. The molecule has 2 aromatic carbocycles. The van der Waals surface area contributed by atoms with E-state index in [0.717, 1.165) is 16.8 Å². The molecule has 0 spiro atoms. The van der Waals surface area contributed by atoms with Gasteiger partial charge in [0.2, 0.25) is 0 Å². The van der Waals surface area contributed by atoms with Gasteiger partial charge >= 0.3 is 18.1 Å². The van der Waals surface area contributed by atoms with E-state index in [9.17, 15) is 23.2 Å². The fourth-order valence-corrected chi connectivity index (χ4v) is 4.22. The van der Waals surface area contributed by atoms with Gasteiger partial charge in [0.25, 0.3) is 0 Å². The fraction of sp³-hybridized carbons (Fsp3) is 0.333. The van der Waals surface area contributed by atoms with Gasteiger partial charge in [-0.3, -0.25) is 10.1 Å². The Morgan fingerprint density at radius 3 is 2.56 bits per heavy atom. The molecule has 1 aromatic heterocycles. The summed E-state index contributed by atoms with van der Waals surface area (Å²) in [6, 6.07) is 12.3. The van der Waals surface area contributed by atoms with Gasteiger partial charge in [0.1, 0.15) is 12.4 Å². The molecule has 9 nitrogen and oxygen atoms in total. The van der Waals surface area contributed by atoms with Crippen LogP contribution < -0.4 is 10.6 Å². The zero-order valence-electron chi connectivity index (χ0n) is 21.7. The second-order valence-electron chi connectivity index (χ2n) is 9.02. The zero-order chi connectivity index (χ0) is 28.6. The minimum absolute atomic E-state index is 0.0299. The number of methoxy groups -OCH3 is 1. The van der Waals surface area contributed by atoms with E-state index in [1.165, 1.54) is 31.2 Å². The van der Waals surface area contributed by atoms with Crippen LogP contribution in [0.4, 0.5) is 24.2 Å². The van der Waals surface area contributed by atoms with E-state index < -0.39 is 40.5 Å². The number of anilines is 1. The fourth-order valence-electron chi connectivity index (χ4n) is 3.85. The summed E-state index contributed by atoms with van der Waals surface area (Å²) < 4.78 is 37.6. The van der Waals surface area contributed by atoms with Gasteiger partial charge in [0, 0.05) is 37.2 Å². The average Bonchev–Trinajstić information content (AvgIpc) is 2.94. The molecule has 0 radical (unpaired) electrons. The standard InChI is InChI=1S/C27H30F2N4O5S/c1-27(12-11-23(34)37-3,33(2)25(35)31-15-19-9-6-10-20(28)24(19)29)21(39)16-38-26(36)32-22-13-17-7-4-5-8-18(17)14-30-22/h4-10,13-14,21,39H,11-12,15-16H2,1-3H3,(H,31,35)(H,30,32,36)/t21?,27-/m1/s1. The Balaban J connectivity index is 1.66. The van der Waals surface area contributed by atoms with Crippen LogP contribution in [-0.2, 0) is 20.8 Å². The molecule has 0 aliphatic heterocycles. The first-order valence-electron chi connectivity index (χ1n) is 12.0. The molecule has 0 saturated heterocycles. The van der Waals surface area contributed by atoms with Gasteiger partial charge in [0.05, 0.1) is 17.9 Å². The number of fused-ring (bicyclic) bond motifs is 1. The summed E-state index contributed by atoms with van der Waals surface area (Å²) in [4.78, 5) is 42.8. The number of rotatable bonds is 10. The van der Waals surface area contributed by atoms with E-state index in [4.69, 9.17) is 9.47 Å². The molecule has 208 valence electrons. The predicted octanol–water partition coefficient (Wildman–Crippen LogP) is 4.91. The van der Waals surface area contributed by atoms with Crippen molar-refractivity contribution in [1.29, 1.82) is 0 Å². The average molecular weight is 561 g/mol. The van der Waals surface area contributed by atoms with Crippen LogP contribution in [0.1, 0.15) is 25.3 Å². The van der Waals surface area contributed by atoms with Crippen LogP contribution in [-0.4, -0.2) is 59.5 Å². The highest BCUT2D eigenvalue weighted by Gasteiger charge is 2.40. The molecule has 1 heterocycles. The Morgan fingerprint density at radius 1 is 1.13 bits per heavy atom. The Morgan fingerprint density at radius 2 is 1.85 bits per heavy atom. The van der Waals surface area contributed by atoms with Gasteiger partial charge in [-0.25, -0.2) is 23.4 Å². The lowest BCUT2D eigenvalue weighted by atomic mass is 9.90. The number of hydrogen-bond donors (Lipinski definition) is 3. The lowest BCUT2D eigenvalue weighted by molar-refractivity contribution is -0.141. The van der Waals surface area contributed by atoms with Crippen molar-refractivity contribution in [2.75, 3.05) is 26.1 Å². The largest absolute Gasteiger partial charge is 0.469 e. The van der Waals surface area contributed by atoms with Crippen molar-refractivity contribution in [1.82, 2.24) is 15.2 Å². The van der Waals surface area contributed by atoms with Gasteiger partial charge < -0.3 is 19.7 Å². The summed E-state index contributed by atoms with van der Waals surface area (Å²) in [5.41, 5.74) is -1.15. The molecule has 0 bridgehead atoms. The van der Waals surface area contributed by atoms with E-state index in [-0.39, 0.29) is 31.6 Å². The van der Waals surface area contributed by atoms with Crippen molar-refractivity contribution in [3.63, 3.8) is 0 Å². The van der Waals surface area contributed by atoms with Crippen LogP contribution in [0.3, 0.4) is 0 Å². The monoisotopic (exact) mass is 560 g/mol. The maximum Gasteiger partial charge on any atom is 0.412 e. The molecule has 2 N–H and O–H groups in total. The smallest absolute Gasteiger partial charge is 0.412 e. The molecular formula is C27H30F2N4O5S. The molecule has 0 saturated carbocycles. The molecular weight excluding hydrogens is 530 g/mol. The van der Waals surface area contributed by atoms with Gasteiger partial charge in [-0.2, -0.15) is 12.6 Å². The normalized spacial score (nSPS) is 13.2. The van der Waals surface area contributed by atoms with Crippen LogP contribution in [0.2, 0.25) is 0 Å². The number of hydrogen-bond acceptors (Lipinski definition) is 7. The first-order valence-corrected chi connectivity index (χ1v) is 12.5. The molecule has 3 aromatic rings. The third-order valence-corrected chi connectivity index (χ3v) is 7.25. The van der Waals surface area contributed by atoms with E-state index in [1.807, 2.05) is 24.3 Å². The van der Waals surface area contributed by atoms with Gasteiger partial charge in [0.15, 0.2) is 11.6 Å². The molecule has 1 unspecified atom stereocenters. The summed E-state index contributed by atoms with van der Waals surface area (Å²) >= 11 is 4.59. The number of benzene rings is 2. The minimum atomic E-state index is -1.12. The molecule has 0 aliphatic rings. The third kappa shape index (κ3) is 7.56. The number of pyridine rings is 1. The van der Waals surface area contributed by atoms with Crippen LogP contribution in [0.15, 0.2) is 54.7 Å². The van der Waals surface area contributed by atoms with Crippen molar-refractivity contribution in [2.24, 2.45) is 0 Å². The summed E-state index contributed by atoms with van der Waals surface area (Å²) in [7, 11) is 2.72. The van der Waals surface area contributed by atoms with Gasteiger partial charge in [-0.05, 0) is 30.9 Å². The van der Waals surface area contributed by atoms with E-state index in [2.05, 4.69) is 28.2 Å². The summed E-state index contributed by atoms with van der Waals surface area (Å²) in [6.07, 6.45) is 0.914. The number of nitrogens with one attached hydrogen (secondary N) is 2. The maximum absolute atomic E-state index is 14.0. The molecule has 0 fully saturated rings. The van der Waals surface area contributed by atoms with Crippen LogP contribution in [0.25, 0.3) is 10.8 Å². The second-order valence-corrected chi connectivity index (χ2v) is 9.64. The highest BCUT2D eigenvalue weighted by molar-refractivity contribution is 7.81. The van der Waals surface area contributed by atoms with Crippen molar-refractivity contribution in [2.45, 2.75) is 37.1 Å². The predicted molar refractivity (Wildman–Crippen MR) is 145 cm³/mol. The van der Waals surface area contributed by atoms with Crippen molar-refractivity contribution >= 4 is 47.3 Å². The van der Waals surface area contributed by atoms with E-state index in [1.54, 1.807) is 19.2 Å². The van der Waals surface area contributed by atoms with Crippen molar-refractivity contribution in [3.8, 4) is 0 Å². The van der Waals surface area contributed by atoms with E-state index >= 15 is 0 Å². The number of ether oxygens (including phenoxy) is 2. The van der Waals surface area contributed by atoms with Gasteiger partial charge in [-0.15, -0.1) is 0 Å². The summed E-state index contributed by atoms with van der Waals surface area (Å²) in [5.74, 6) is -2.29. The highest BCUT2D eigenvalue weighted by Crippen LogP contribution is 2.29. The molecule has 0 aliphatic carbocycles. The Kier molecular flexibility index (Phi) is 10.0. The Labute approximate surface area is 230 Å². The zero-order valence-corrected chi connectivity index (χ0v) is 22.6. The summed E-state index contributed by atoms with van der Waals surface area (Å²) in [5, 5.41) is 6.15. The first-order chi connectivity index (χ1) is 18.5. The number of carbonyl (C=O) groups excluding carboxylic acids is 3. The van der Waals surface area contributed by atoms with Crippen molar-refractivity contribution in [3.05, 3.63) is 71.9 Å². The number of carbonyl (C=O) groups is 3. The molecule has 3 rings (SSSR count). The number of esters is 1. The topological polar surface area (TPSA) is 110 Å². The quantitative estimate of drug-likeness (QED) is 0.240. The SMILES string of the molecule is COC(=O)CC[C@](C)(C(S)COC(=O)Nc1cc2ccccc2cn1)N(C)C(=O)NCc1cccc(F)c1F. The number of thiol groups is 1. The third-order valence-electron chi connectivity index (χ3n) is 6.55. The second kappa shape index (κ2) is 13.2. The van der Waals surface area contributed by atoms with Crippen molar-refractivity contribution < 1.29 is 32.6 Å². The first kappa shape index (κ1) is 29.6. The lowest BCUT2D eigenvalue weighted by Crippen LogP contribution is -2.57. The molecule has 2 atom stereocenters. The van der Waals surface area contributed by atoms with Gasteiger partial charge in [-0.1, -0.05) is 36.4 Å². The molecule has 39 heavy (non-hydrogen) atoms. The number of halogens is 2. The van der Waals surface area contributed by atoms with E-state index in [0.29, 0.717) is 5.82 Å². The Bertz CT molecular complexity index is 1340. The number of urea groups is 1. The highest BCUT2D eigenvalue weighted by atomic mass is 32.1. The minimum Gasteiger partial charge on any atom is -0.469 e. The van der Waals surface area contributed by atoms with Crippen LogP contribution >= 0.6 is 12.6 Å². The van der Waals surface area contributed by atoms with Crippen LogP contribution in [0.5, 0.6) is 0 Å². The number of nitrogens with zero attached hydrogens (tertiary/aromatic N) is 2. The maximum atomic E-state index is 14.0. The van der Waals surface area contributed by atoms with Crippen LogP contribution in [0, 0.1) is 11.6 Å². The summed E-state index contributed by atoms with van der Waals surface area (Å²) in [6.45, 7) is 1.17. The molecule has 3 amide bonds. The molecule has 12 heteroatoms.